The number of rotatable bonds is 5. The lowest BCUT2D eigenvalue weighted by Gasteiger charge is -2.38. The van der Waals surface area contributed by atoms with Gasteiger partial charge in [-0.25, -0.2) is 0 Å². The van der Waals surface area contributed by atoms with Gasteiger partial charge in [-0.05, 0) is 31.7 Å². The number of hydrogen-bond acceptors (Lipinski definition) is 4. The van der Waals surface area contributed by atoms with Gasteiger partial charge in [-0.3, -0.25) is 14.6 Å². The first-order valence-corrected chi connectivity index (χ1v) is 7.47. The van der Waals surface area contributed by atoms with Crippen molar-refractivity contribution in [2.45, 2.75) is 32.2 Å². The molecule has 19 heavy (non-hydrogen) atoms. The second kappa shape index (κ2) is 7.22. The topological polar surface area (TPSA) is 53.0 Å². The minimum Gasteiger partial charge on any atom is -0.480 e. The van der Waals surface area contributed by atoms with Gasteiger partial charge in [0.2, 0.25) is 0 Å². The van der Waals surface area contributed by atoms with Gasteiger partial charge in [0.15, 0.2) is 0 Å². The Bertz CT molecular complexity index is 292. The van der Waals surface area contributed by atoms with E-state index >= 15 is 0 Å². The molecule has 0 spiro atoms. The van der Waals surface area contributed by atoms with E-state index in [2.05, 4.69) is 9.80 Å². The number of carbonyl (C=O) groups is 1. The zero-order valence-electron chi connectivity index (χ0n) is 11.9. The van der Waals surface area contributed by atoms with E-state index in [4.69, 9.17) is 4.74 Å². The predicted octanol–water partition coefficient (Wildman–Crippen LogP) is 0.894. The lowest BCUT2D eigenvalue weighted by molar-refractivity contribution is -0.144. The molecule has 0 unspecified atom stereocenters. The monoisotopic (exact) mass is 270 g/mol. The third kappa shape index (κ3) is 4.16. The summed E-state index contributed by atoms with van der Waals surface area (Å²) in [5.74, 6) is -0.0604. The molecule has 0 bridgehead atoms. The molecular formula is C14H26N2O3. The van der Waals surface area contributed by atoms with Gasteiger partial charge in [0.05, 0.1) is 13.2 Å². The summed E-state index contributed by atoms with van der Waals surface area (Å²) in [6, 6.07) is -0.299. The molecule has 0 radical (unpaired) electrons. The van der Waals surface area contributed by atoms with Crippen molar-refractivity contribution in [2.75, 3.05) is 45.9 Å². The molecule has 5 heteroatoms. The fourth-order valence-corrected chi connectivity index (χ4v) is 3.27. The molecule has 0 aromatic carbocycles. The summed E-state index contributed by atoms with van der Waals surface area (Å²) in [6.07, 6.45) is 3.04. The molecule has 2 heterocycles. The van der Waals surface area contributed by atoms with Crippen molar-refractivity contribution in [3.63, 3.8) is 0 Å². The zero-order chi connectivity index (χ0) is 13.7. The molecule has 0 aromatic heterocycles. The molecule has 2 saturated heterocycles. The highest BCUT2D eigenvalue weighted by molar-refractivity contribution is 5.73. The minimum absolute atomic E-state index is 0.299. The first-order chi connectivity index (χ1) is 9.20. The van der Waals surface area contributed by atoms with E-state index < -0.39 is 5.97 Å². The Balaban J connectivity index is 1.83. The molecule has 0 amide bonds. The van der Waals surface area contributed by atoms with E-state index in [-0.39, 0.29) is 6.04 Å². The quantitative estimate of drug-likeness (QED) is 0.804. The molecule has 2 aliphatic heterocycles. The Morgan fingerprint density at radius 1 is 1.37 bits per heavy atom. The smallest absolute Gasteiger partial charge is 0.320 e. The van der Waals surface area contributed by atoms with E-state index in [9.17, 15) is 9.90 Å². The number of piperidine rings is 1. The molecule has 2 rings (SSSR count). The van der Waals surface area contributed by atoms with Gasteiger partial charge in [-0.2, -0.15) is 0 Å². The average Bonchev–Trinajstić information content (AvgIpc) is 2.41. The van der Waals surface area contributed by atoms with E-state index in [1.165, 1.54) is 6.42 Å². The van der Waals surface area contributed by atoms with Gasteiger partial charge in [0, 0.05) is 26.2 Å². The number of likely N-dealkylation sites (tertiary alicyclic amines) is 1. The molecule has 1 N–H and O–H groups in total. The van der Waals surface area contributed by atoms with Crippen molar-refractivity contribution >= 4 is 5.97 Å². The second-order valence-electron chi connectivity index (χ2n) is 5.68. The summed E-state index contributed by atoms with van der Waals surface area (Å²) in [7, 11) is 0. The summed E-state index contributed by atoms with van der Waals surface area (Å²) in [5.41, 5.74) is 0. The Morgan fingerprint density at radius 3 is 2.74 bits per heavy atom. The van der Waals surface area contributed by atoms with Crippen molar-refractivity contribution < 1.29 is 14.6 Å². The van der Waals surface area contributed by atoms with Crippen LogP contribution in [0.5, 0.6) is 0 Å². The molecule has 0 aliphatic carbocycles. The molecule has 110 valence electrons. The highest BCUT2D eigenvalue weighted by Gasteiger charge is 2.30. The van der Waals surface area contributed by atoms with Crippen LogP contribution in [0.1, 0.15) is 26.2 Å². The van der Waals surface area contributed by atoms with Crippen LogP contribution in [0.15, 0.2) is 0 Å². The van der Waals surface area contributed by atoms with E-state index in [1.807, 2.05) is 6.92 Å². The first-order valence-electron chi connectivity index (χ1n) is 7.47. The van der Waals surface area contributed by atoms with Crippen LogP contribution in [0.2, 0.25) is 0 Å². The van der Waals surface area contributed by atoms with Crippen molar-refractivity contribution in [2.24, 2.45) is 5.92 Å². The molecular weight excluding hydrogens is 244 g/mol. The average molecular weight is 270 g/mol. The van der Waals surface area contributed by atoms with Crippen LogP contribution in [0.4, 0.5) is 0 Å². The predicted molar refractivity (Wildman–Crippen MR) is 73.3 cm³/mol. The lowest BCUT2D eigenvalue weighted by atomic mass is 9.95. The van der Waals surface area contributed by atoms with Crippen LogP contribution in [0.25, 0.3) is 0 Å². The van der Waals surface area contributed by atoms with Gasteiger partial charge >= 0.3 is 5.97 Å². The number of carboxylic acids is 1. The summed E-state index contributed by atoms with van der Waals surface area (Å²) in [5, 5.41) is 9.26. The van der Waals surface area contributed by atoms with Crippen LogP contribution in [-0.2, 0) is 9.53 Å². The number of ether oxygens (including phenoxy) is 1. The van der Waals surface area contributed by atoms with Gasteiger partial charge in [0.1, 0.15) is 6.04 Å². The Morgan fingerprint density at radius 2 is 2.11 bits per heavy atom. The largest absolute Gasteiger partial charge is 0.480 e. The second-order valence-corrected chi connectivity index (χ2v) is 5.68. The highest BCUT2D eigenvalue weighted by Crippen LogP contribution is 2.21. The summed E-state index contributed by atoms with van der Waals surface area (Å²) in [6.45, 7) is 8.64. The van der Waals surface area contributed by atoms with Crippen LogP contribution < -0.4 is 0 Å². The standard InChI is InChI=1S/C14H26N2O3/c1-2-13(14(17)18)16-5-3-4-12(11-16)10-15-6-8-19-9-7-15/h12-13H,2-11H2,1H3,(H,17,18)/t12-,13+/m0/s1. The Hall–Kier alpha value is -0.650. The lowest BCUT2D eigenvalue weighted by Crippen LogP contribution is -2.49. The Kier molecular flexibility index (Phi) is 5.60. The number of hydrogen-bond donors (Lipinski definition) is 1. The van der Waals surface area contributed by atoms with Crippen molar-refractivity contribution in [3.8, 4) is 0 Å². The summed E-state index contributed by atoms with van der Waals surface area (Å²) >= 11 is 0. The molecule has 2 fully saturated rings. The maximum absolute atomic E-state index is 11.3. The Labute approximate surface area is 115 Å². The molecule has 2 aliphatic rings. The third-order valence-electron chi connectivity index (χ3n) is 4.28. The normalized spacial score (nSPS) is 28.2. The van der Waals surface area contributed by atoms with E-state index in [0.717, 1.165) is 52.4 Å². The molecule has 0 aromatic rings. The van der Waals surface area contributed by atoms with E-state index in [1.54, 1.807) is 0 Å². The maximum atomic E-state index is 11.3. The third-order valence-corrected chi connectivity index (χ3v) is 4.28. The summed E-state index contributed by atoms with van der Waals surface area (Å²) < 4.78 is 5.37. The minimum atomic E-state index is -0.672. The number of morpholine rings is 1. The van der Waals surface area contributed by atoms with Gasteiger partial charge < -0.3 is 9.84 Å². The molecule has 0 saturated carbocycles. The van der Waals surface area contributed by atoms with Crippen LogP contribution in [-0.4, -0.2) is 72.9 Å². The number of carboxylic acid groups (broad SMARTS) is 1. The SMILES string of the molecule is CC[C@H](C(=O)O)N1CCC[C@@H](CN2CCOCC2)C1. The first kappa shape index (κ1) is 14.8. The van der Waals surface area contributed by atoms with Crippen LogP contribution in [0.3, 0.4) is 0 Å². The maximum Gasteiger partial charge on any atom is 0.320 e. The number of nitrogens with zero attached hydrogens (tertiary/aromatic N) is 2. The summed E-state index contributed by atoms with van der Waals surface area (Å²) in [4.78, 5) is 15.9. The molecule has 2 atom stereocenters. The van der Waals surface area contributed by atoms with Gasteiger partial charge in [-0.1, -0.05) is 6.92 Å². The van der Waals surface area contributed by atoms with Crippen LogP contribution in [0, 0.1) is 5.92 Å². The highest BCUT2D eigenvalue weighted by atomic mass is 16.5. The van der Waals surface area contributed by atoms with Gasteiger partial charge in [-0.15, -0.1) is 0 Å². The van der Waals surface area contributed by atoms with Crippen LogP contribution >= 0.6 is 0 Å². The number of aliphatic carboxylic acids is 1. The molecule has 5 nitrogen and oxygen atoms in total. The van der Waals surface area contributed by atoms with E-state index in [0.29, 0.717) is 12.3 Å². The van der Waals surface area contributed by atoms with Crippen molar-refractivity contribution in [1.82, 2.24) is 9.80 Å². The van der Waals surface area contributed by atoms with Crippen molar-refractivity contribution in [1.29, 1.82) is 0 Å². The van der Waals surface area contributed by atoms with Gasteiger partial charge in [0.25, 0.3) is 0 Å². The fourth-order valence-electron chi connectivity index (χ4n) is 3.27. The fraction of sp³-hybridized carbons (Fsp3) is 0.929. The van der Waals surface area contributed by atoms with Crippen molar-refractivity contribution in [3.05, 3.63) is 0 Å². The zero-order valence-corrected chi connectivity index (χ0v) is 11.9.